The van der Waals surface area contributed by atoms with Crippen molar-refractivity contribution in [2.45, 2.75) is 51.0 Å². The van der Waals surface area contributed by atoms with Crippen molar-refractivity contribution in [1.82, 2.24) is 15.3 Å². The van der Waals surface area contributed by atoms with E-state index in [1.54, 1.807) is 6.33 Å². The number of hydrogen-bond acceptors (Lipinski definition) is 4. The van der Waals surface area contributed by atoms with Gasteiger partial charge < -0.3 is 10.1 Å². The van der Waals surface area contributed by atoms with Crippen molar-refractivity contribution < 1.29 is 4.74 Å². The van der Waals surface area contributed by atoms with Gasteiger partial charge in [-0.1, -0.05) is 6.42 Å². The SMILES string of the molecule is c1nc2c(c(OC3CCCNC3)n1)CCCCC2. The summed E-state index contributed by atoms with van der Waals surface area (Å²) in [7, 11) is 0. The third-order valence-corrected chi connectivity index (χ3v) is 3.87. The summed E-state index contributed by atoms with van der Waals surface area (Å²) in [5.41, 5.74) is 2.47. The molecule has 0 aromatic carbocycles. The predicted octanol–water partition coefficient (Wildman–Crippen LogP) is 1.88. The van der Waals surface area contributed by atoms with E-state index in [0.29, 0.717) is 0 Å². The summed E-state index contributed by atoms with van der Waals surface area (Å²) < 4.78 is 6.10. The van der Waals surface area contributed by atoms with Gasteiger partial charge in [0.05, 0.1) is 5.69 Å². The topological polar surface area (TPSA) is 47.0 Å². The lowest BCUT2D eigenvalue weighted by Crippen LogP contribution is -2.37. The van der Waals surface area contributed by atoms with Crippen molar-refractivity contribution in [2.75, 3.05) is 13.1 Å². The number of nitrogens with zero attached hydrogens (tertiary/aromatic N) is 2. The molecule has 0 bridgehead atoms. The number of aromatic nitrogens is 2. The highest BCUT2D eigenvalue weighted by Crippen LogP contribution is 2.26. The Bertz CT molecular complexity index is 402. The van der Waals surface area contributed by atoms with Gasteiger partial charge in [-0.3, -0.25) is 0 Å². The molecule has 0 amide bonds. The molecule has 2 heterocycles. The fourth-order valence-electron chi connectivity index (χ4n) is 2.85. The van der Waals surface area contributed by atoms with E-state index in [9.17, 15) is 0 Å². The number of ether oxygens (including phenoxy) is 1. The van der Waals surface area contributed by atoms with E-state index in [0.717, 1.165) is 38.2 Å². The Kier molecular flexibility index (Phi) is 3.74. The van der Waals surface area contributed by atoms with Crippen molar-refractivity contribution in [2.24, 2.45) is 0 Å². The monoisotopic (exact) mass is 247 g/mol. The highest BCUT2D eigenvalue weighted by Gasteiger charge is 2.20. The predicted molar refractivity (Wildman–Crippen MR) is 69.8 cm³/mol. The second-order valence-electron chi connectivity index (χ2n) is 5.25. The summed E-state index contributed by atoms with van der Waals surface area (Å²) in [6.45, 7) is 2.06. The molecule has 4 heteroatoms. The van der Waals surface area contributed by atoms with E-state index in [1.165, 1.54) is 36.9 Å². The molecule has 0 radical (unpaired) electrons. The molecule has 1 aromatic rings. The van der Waals surface area contributed by atoms with Crippen LogP contribution in [0.5, 0.6) is 5.88 Å². The van der Waals surface area contributed by atoms with Crippen molar-refractivity contribution in [1.29, 1.82) is 0 Å². The van der Waals surface area contributed by atoms with Crippen LogP contribution in [0.15, 0.2) is 6.33 Å². The van der Waals surface area contributed by atoms with Gasteiger partial charge in [0.25, 0.3) is 0 Å². The van der Waals surface area contributed by atoms with Crippen LogP contribution in [0.3, 0.4) is 0 Å². The molecule has 1 atom stereocenters. The Morgan fingerprint density at radius 1 is 1.11 bits per heavy atom. The van der Waals surface area contributed by atoms with Crippen LogP contribution in [-0.2, 0) is 12.8 Å². The molecule has 1 unspecified atom stereocenters. The third-order valence-electron chi connectivity index (χ3n) is 3.87. The van der Waals surface area contributed by atoms with Crippen LogP contribution < -0.4 is 10.1 Å². The summed E-state index contributed by atoms with van der Waals surface area (Å²) in [6, 6.07) is 0. The minimum atomic E-state index is 0.279. The van der Waals surface area contributed by atoms with Crippen LogP contribution in [0.2, 0.25) is 0 Å². The Hall–Kier alpha value is -1.16. The second kappa shape index (κ2) is 5.65. The number of piperidine rings is 1. The average molecular weight is 247 g/mol. The number of aryl methyl sites for hydroxylation is 1. The fraction of sp³-hybridized carbons (Fsp3) is 0.714. The minimum Gasteiger partial charge on any atom is -0.473 e. The average Bonchev–Trinajstić information content (AvgIpc) is 2.66. The van der Waals surface area contributed by atoms with Gasteiger partial charge in [0.2, 0.25) is 5.88 Å². The van der Waals surface area contributed by atoms with Crippen LogP contribution in [-0.4, -0.2) is 29.2 Å². The van der Waals surface area contributed by atoms with Gasteiger partial charge in [0.15, 0.2) is 0 Å². The van der Waals surface area contributed by atoms with Crippen molar-refractivity contribution in [3.63, 3.8) is 0 Å². The van der Waals surface area contributed by atoms with Crippen molar-refractivity contribution >= 4 is 0 Å². The Balaban J connectivity index is 1.78. The molecule has 1 aromatic heterocycles. The zero-order chi connectivity index (χ0) is 12.2. The Morgan fingerprint density at radius 3 is 2.94 bits per heavy atom. The lowest BCUT2D eigenvalue weighted by atomic mass is 10.1. The maximum Gasteiger partial charge on any atom is 0.220 e. The zero-order valence-electron chi connectivity index (χ0n) is 10.8. The summed E-state index contributed by atoms with van der Waals surface area (Å²) in [5, 5.41) is 3.38. The van der Waals surface area contributed by atoms with E-state index in [-0.39, 0.29) is 6.10 Å². The van der Waals surface area contributed by atoms with E-state index in [4.69, 9.17) is 4.74 Å². The van der Waals surface area contributed by atoms with Crippen LogP contribution in [0.4, 0.5) is 0 Å². The first-order valence-electron chi connectivity index (χ1n) is 7.13. The molecule has 4 nitrogen and oxygen atoms in total. The lowest BCUT2D eigenvalue weighted by Gasteiger charge is -2.24. The Labute approximate surface area is 108 Å². The standard InChI is InChI=1S/C14H21N3O/c1-2-6-12-13(7-3-1)16-10-17-14(12)18-11-5-4-8-15-9-11/h10-11,15H,1-9H2. The van der Waals surface area contributed by atoms with Gasteiger partial charge >= 0.3 is 0 Å². The summed E-state index contributed by atoms with van der Waals surface area (Å²) in [6.07, 6.45) is 10.2. The van der Waals surface area contributed by atoms with Gasteiger partial charge in [0, 0.05) is 12.1 Å². The van der Waals surface area contributed by atoms with Crippen LogP contribution in [0, 0.1) is 0 Å². The molecule has 3 rings (SSSR count). The van der Waals surface area contributed by atoms with Crippen LogP contribution in [0.25, 0.3) is 0 Å². The Morgan fingerprint density at radius 2 is 2.06 bits per heavy atom. The summed E-state index contributed by atoms with van der Waals surface area (Å²) >= 11 is 0. The molecule has 98 valence electrons. The van der Waals surface area contributed by atoms with Gasteiger partial charge in [-0.2, -0.15) is 0 Å². The second-order valence-corrected chi connectivity index (χ2v) is 5.25. The number of hydrogen-bond donors (Lipinski definition) is 1. The quantitative estimate of drug-likeness (QED) is 0.811. The van der Waals surface area contributed by atoms with Crippen molar-refractivity contribution in [3.05, 3.63) is 17.6 Å². The molecule has 0 saturated carbocycles. The van der Waals surface area contributed by atoms with Gasteiger partial charge in [-0.25, -0.2) is 9.97 Å². The number of rotatable bonds is 2. The highest BCUT2D eigenvalue weighted by atomic mass is 16.5. The molecule has 18 heavy (non-hydrogen) atoms. The third kappa shape index (κ3) is 2.64. The molecular weight excluding hydrogens is 226 g/mol. The number of fused-ring (bicyclic) bond motifs is 1. The summed E-state index contributed by atoms with van der Waals surface area (Å²) in [4.78, 5) is 8.79. The fourth-order valence-corrected chi connectivity index (χ4v) is 2.85. The molecule has 1 saturated heterocycles. The molecule has 1 N–H and O–H groups in total. The van der Waals surface area contributed by atoms with Crippen LogP contribution in [0.1, 0.15) is 43.4 Å². The maximum atomic E-state index is 6.10. The van der Waals surface area contributed by atoms with E-state index < -0.39 is 0 Å². The maximum absolute atomic E-state index is 6.10. The van der Waals surface area contributed by atoms with Crippen molar-refractivity contribution in [3.8, 4) is 5.88 Å². The molecule has 1 aliphatic heterocycles. The zero-order valence-corrected chi connectivity index (χ0v) is 10.8. The highest BCUT2D eigenvalue weighted by molar-refractivity contribution is 5.31. The smallest absolute Gasteiger partial charge is 0.220 e. The first-order valence-corrected chi connectivity index (χ1v) is 7.13. The van der Waals surface area contributed by atoms with E-state index >= 15 is 0 Å². The molecule has 1 aliphatic carbocycles. The molecule has 2 aliphatic rings. The van der Waals surface area contributed by atoms with E-state index in [2.05, 4.69) is 15.3 Å². The van der Waals surface area contributed by atoms with Gasteiger partial charge in [-0.15, -0.1) is 0 Å². The first-order chi connectivity index (χ1) is 8.93. The number of nitrogens with one attached hydrogen (secondary N) is 1. The lowest BCUT2D eigenvalue weighted by molar-refractivity contribution is 0.158. The summed E-state index contributed by atoms with van der Waals surface area (Å²) in [5.74, 6) is 0.843. The first kappa shape index (κ1) is 11.9. The minimum absolute atomic E-state index is 0.279. The van der Waals surface area contributed by atoms with E-state index in [1.807, 2.05) is 0 Å². The normalized spacial score (nSPS) is 24.1. The largest absolute Gasteiger partial charge is 0.473 e. The van der Waals surface area contributed by atoms with Gasteiger partial charge in [0.1, 0.15) is 12.4 Å². The molecular formula is C14H21N3O. The van der Waals surface area contributed by atoms with Crippen LogP contribution >= 0.6 is 0 Å². The molecule has 1 fully saturated rings. The van der Waals surface area contributed by atoms with Gasteiger partial charge in [-0.05, 0) is 45.1 Å². The molecule has 0 spiro atoms.